The summed E-state index contributed by atoms with van der Waals surface area (Å²) in [6.45, 7) is 10.6. The average Bonchev–Trinajstić information content (AvgIpc) is 3.10. The van der Waals surface area contributed by atoms with Crippen molar-refractivity contribution in [1.29, 1.82) is 0 Å². The van der Waals surface area contributed by atoms with Crippen LogP contribution in [-0.4, -0.2) is 58.7 Å². The lowest BCUT2D eigenvalue weighted by atomic mass is 10.0. The summed E-state index contributed by atoms with van der Waals surface area (Å²) < 4.78 is 4.99. The minimum absolute atomic E-state index is 0.129. The topological polar surface area (TPSA) is 87.7 Å². The fourth-order valence-electron chi connectivity index (χ4n) is 3.92. The highest BCUT2D eigenvalue weighted by atomic mass is 32.2. The predicted molar refractivity (Wildman–Crippen MR) is 117 cm³/mol. The molecule has 1 aromatic rings. The summed E-state index contributed by atoms with van der Waals surface area (Å²) in [5, 5.41) is 5.45. The third-order valence-corrected chi connectivity index (χ3v) is 6.90. The largest absolute Gasteiger partial charge is 0.379 e. The number of carbonyl (C=O) groups excluding carboxylic acids is 3. The van der Waals surface area contributed by atoms with Gasteiger partial charge in [-0.15, -0.1) is 11.8 Å². The standard InChI is InChI=1S/C22H31N3O4S/c1-13(2)29-12-8-11-23-18(26)14(3)24-19(27)17-22(4,5)30-21-16-10-7-6-9-15(16)20(28)25(17)21/h6-7,9-10,13-14,17,21H,8,11-12H2,1-5H3,(H,23,26)(H,24,27)/t14-,17+,21-/m0/s1. The molecular weight excluding hydrogens is 402 g/mol. The molecule has 1 fully saturated rings. The lowest BCUT2D eigenvalue weighted by Crippen LogP contribution is -2.56. The second-order valence-electron chi connectivity index (χ2n) is 8.57. The Bertz CT molecular complexity index is 826. The van der Waals surface area contributed by atoms with Crippen molar-refractivity contribution in [3.8, 4) is 0 Å². The van der Waals surface area contributed by atoms with Crippen molar-refractivity contribution in [2.75, 3.05) is 13.2 Å². The van der Waals surface area contributed by atoms with Crippen LogP contribution < -0.4 is 10.6 Å². The van der Waals surface area contributed by atoms with Crippen LogP contribution in [0.1, 0.15) is 62.3 Å². The second kappa shape index (κ2) is 8.98. The molecule has 0 unspecified atom stereocenters. The number of ether oxygens (including phenoxy) is 1. The smallest absolute Gasteiger partial charge is 0.256 e. The molecule has 2 aliphatic heterocycles. The highest BCUT2D eigenvalue weighted by Crippen LogP contribution is 2.56. The van der Waals surface area contributed by atoms with E-state index in [-0.39, 0.29) is 29.2 Å². The van der Waals surface area contributed by atoms with Gasteiger partial charge < -0.3 is 20.3 Å². The maximum atomic E-state index is 13.1. The van der Waals surface area contributed by atoms with Crippen LogP contribution in [0.5, 0.6) is 0 Å². The maximum Gasteiger partial charge on any atom is 0.256 e. The van der Waals surface area contributed by atoms with E-state index in [9.17, 15) is 14.4 Å². The van der Waals surface area contributed by atoms with Crippen LogP contribution in [0.3, 0.4) is 0 Å². The van der Waals surface area contributed by atoms with Crippen molar-refractivity contribution in [2.24, 2.45) is 0 Å². The van der Waals surface area contributed by atoms with E-state index in [0.717, 1.165) is 5.56 Å². The first-order chi connectivity index (χ1) is 14.1. The third kappa shape index (κ3) is 4.49. The molecule has 3 atom stereocenters. The van der Waals surface area contributed by atoms with Gasteiger partial charge in [-0.3, -0.25) is 14.4 Å². The summed E-state index contributed by atoms with van der Waals surface area (Å²) in [5.74, 6) is -0.679. The van der Waals surface area contributed by atoms with E-state index in [2.05, 4.69) is 10.6 Å². The van der Waals surface area contributed by atoms with E-state index in [1.54, 1.807) is 29.7 Å². The number of fused-ring (bicyclic) bond motifs is 3. The van der Waals surface area contributed by atoms with E-state index in [0.29, 0.717) is 25.1 Å². The summed E-state index contributed by atoms with van der Waals surface area (Å²) >= 11 is 1.61. The first-order valence-electron chi connectivity index (χ1n) is 10.4. The van der Waals surface area contributed by atoms with Gasteiger partial charge in [0.05, 0.1) is 6.10 Å². The molecule has 30 heavy (non-hydrogen) atoms. The van der Waals surface area contributed by atoms with Gasteiger partial charge in [-0.05, 0) is 52.7 Å². The number of thioether (sulfide) groups is 1. The molecule has 164 valence electrons. The Morgan fingerprint density at radius 1 is 1.23 bits per heavy atom. The monoisotopic (exact) mass is 433 g/mol. The highest BCUT2D eigenvalue weighted by molar-refractivity contribution is 8.01. The summed E-state index contributed by atoms with van der Waals surface area (Å²) in [5.41, 5.74) is 1.60. The normalized spacial score (nSPS) is 22.6. The third-order valence-electron chi connectivity index (χ3n) is 5.37. The van der Waals surface area contributed by atoms with E-state index < -0.39 is 16.8 Å². The summed E-state index contributed by atoms with van der Waals surface area (Å²) in [6, 6.07) is 6.15. The van der Waals surface area contributed by atoms with Gasteiger partial charge in [0.2, 0.25) is 11.8 Å². The molecule has 2 N–H and O–H groups in total. The van der Waals surface area contributed by atoms with Crippen molar-refractivity contribution >= 4 is 29.5 Å². The van der Waals surface area contributed by atoms with Crippen molar-refractivity contribution in [1.82, 2.24) is 15.5 Å². The molecule has 0 radical (unpaired) electrons. The van der Waals surface area contributed by atoms with E-state index in [1.807, 2.05) is 45.9 Å². The lowest BCUT2D eigenvalue weighted by Gasteiger charge is -2.30. The Hall–Kier alpha value is -2.06. The Labute approximate surface area is 182 Å². The summed E-state index contributed by atoms with van der Waals surface area (Å²) in [4.78, 5) is 40.2. The van der Waals surface area contributed by atoms with Gasteiger partial charge in [-0.1, -0.05) is 18.2 Å². The average molecular weight is 434 g/mol. The molecular formula is C22H31N3O4S. The van der Waals surface area contributed by atoms with Crippen molar-refractivity contribution in [2.45, 2.75) is 69.3 Å². The summed E-state index contributed by atoms with van der Waals surface area (Å²) in [6.07, 6.45) is 0.869. The van der Waals surface area contributed by atoms with Crippen molar-refractivity contribution in [3.05, 3.63) is 35.4 Å². The quantitative estimate of drug-likeness (QED) is 0.615. The van der Waals surface area contributed by atoms with Crippen molar-refractivity contribution < 1.29 is 19.1 Å². The Balaban J connectivity index is 1.61. The Morgan fingerprint density at radius 3 is 2.63 bits per heavy atom. The molecule has 2 aliphatic rings. The van der Waals surface area contributed by atoms with E-state index in [1.165, 1.54) is 0 Å². The van der Waals surface area contributed by atoms with Gasteiger partial charge in [0.25, 0.3) is 5.91 Å². The number of carbonyl (C=O) groups is 3. The zero-order chi connectivity index (χ0) is 22.1. The molecule has 1 saturated heterocycles. The molecule has 1 aromatic carbocycles. The van der Waals surface area contributed by atoms with E-state index in [4.69, 9.17) is 4.74 Å². The van der Waals surface area contributed by atoms with Crippen LogP contribution in [0.25, 0.3) is 0 Å². The first-order valence-corrected chi connectivity index (χ1v) is 11.3. The summed E-state index contributed by atoms with van der Waals surface area (Å²) in [7, 11) is 0. The minimum Gasteiger partial charge on any atom is -0.379 e. The number of nitrogens with one attached hydrogen (secondary N) is 2. The maximum absolute atomic E-state index is 13.1. The number of hydrogen-bond acceptors (Lipinski definition) is 5. The zero-order valence-electron chi connectivity index (χ0n) is 18.2. The van der Waals surface area contributed by atoms with Gasteiger partial charge in [0.1, 0.15) is 17.5 Å². The van der Waals surface area contributed by atoms with Crippen LogP contribution in [0.2, 0.25) is 0 Å². The number of nitrogens with zero attached hydrogens (tertiary/aromatic N) is 1. The SMILES string of the molecule is CC(C)OCCCNC(=O)[C@H](C)NC(=O)[C@H]1N2C(=O)c3ccccc3[C@@H]2SC1(C)C. The molecule has 0 aliphatic carbocycles. The van der Waals surface area contributed by atoms with Gasteiger partial charge in [0, 0.05) is 23.5 Å². The second-order valence-corrected chi connectivity index (χ2v) is 10.3. The van der Waals surface area contributed by atoms with Crippen LogP contribution in [0, 0.1) is 0 Å². The predicted octanol–water partition coefficient (Wildman–Crippen LogP) is 2.47. The van der Waals surface area contributed by atoms with E-state index >= 15 is 0 Å². The molecule has 3 rings (SSSR count). The fourth-order valence-corrected chi connectivity index (χ4v) is 5.51. The van der Waals surface area contributed by atoms with Gasteiger partial charge in [0.15, 0.2) is 0 Å². The zero-order valence-corrected chi connectivity index (χ0v) is 19.0. The minimum atomic E-state index is -0.691. The van der Waals surface area contributed by atoms with Crippen LogP contribution in [0.4, 0.5) is 0 Å². The number of amides is 3. The number of benzene rings is 1. The molecule has 0 spiro atoms. The highest BCUT2D eigenvalue weighted by Gasteiger charge is 2.57. The molecule has 0 aromatic heterocycles. The van der Waals surface area contributed by atoms with Crippen LogP contribution in [-0.2, 0) is 14.3 Å². The Kier molecular flexibility index (Phi) is 6.77. The van der Waals surface area contributed by atoms with Crippen molar-refractivity contribution in [3.63, 3.8) is 0 Å². The van der Waals surface area contributed by atoms with Crippen LogP contribution in [0.15, 0.2) is 24.3 Å². The molecule has 3 amide bonds. The fraction of sp³-hybridized carbons (Fsp3) is 0.591. The number of hydrogen-bond donors (Lipinski definition) is 2. The van der Waals surface area contributed by atoms with Gasteiger partial charge in [-0.2, -0.15) is 0 Å². The van der Waals surface area contributed by atoms with Crippen LogP contribution >= 0.6 is 11.8 Å². The molecule has 2 heterocycles. The van der Waals surface area contributed by atoms with Gasteiger partial charge in [-0.25, -0.2) is 0 Å². The molecule has 7 nitrogen and oxygen atoms in total. The molecule has 0 bridgehead atoms. The number of rotatable bonds is 8. The molecule has 8 heteroatoms. The molecule has 0 saturated carbocycles. The Morgan fingerprint density at radius 2 is 1.93 bits per heavy atom. The lowest BCUT2D eigenvalue weighted by molar-refractivity contribution is -0.131. The first kappa shape index (κ1) is 22.6. The van der Waals surface area contributed by atoms with Gasteiger partial charge >= 0.3 is 0 Å².